The maximum absolute atomic E-state index is 13.1. The minimum Gasteiger partial charge on any atom is -0.329 e. The smallest absolute Gasteiger partial charge is 0.123 e. The average Bonchev–Trinajstić information content (AvgIpc) is 2.29. The first-order valence-electron chi connectivity index (χ1n) is 6.39. The number of piperidine rings is 1. The number of nitrogens with two attached hydrogens (primary N) is 1. The molecule has 1 aromatic carbocycles. The van der Waals surface area contributed by atoms with Gasteiger partial charge in [-0.25, -0.2) is 4.39 Å². The fourth-order valence-electron chi connectivity index (χ4n) is 2.78. The van der Waals surface area contributed by atoms with E-state index < -0.39 is 0 Å². The van der Waals surface area contributed by atoms with E-state index in [4.69, 9.17) is 5.73 Å². The van der Waals surface area contributed by atoms with Gasteiger partial charge in [0.05, 0.1) is 0 Å². The topological polar surface area (TPSA) is 29.3 Å². The van der Waals surface area contributed by atoms with Crippen molar-refractivity contribution in [3.8, 4) is 0 Å². The molecule has 2 unspecified atom stereocenters. The third-order valence-electron chi connectivity index (χ3n) is 3.75. The van der Waals surface area contributed by atoms with E-state index in [0.717, 1.165) is 18.7 Å². The largest absolute Gasteiger partial charge is 0.329 e. The molecule has 18 heavy (non-hydrogen) atoms. The summed E-state index contributed by atoms with van der Waals surface area (Å²) >= 11 is 0. The van der Waals surface area contributed by atoms with Crippen LogP contribution in [0.2, 0.25) is 0 Å². The molecular weight excluding hydrogens is 251 g/mol. The summed E-state index contributed by atoms with van der Waals surface area (Å²) in [5, 5.41) is 0. The molecule has 1 aliphatic rings. The third kappa shape index (κ3) is 3.67. The Hall–Kier alpha value is -0.640. The summed E-state index contributed by atoms with van der Waals surface area (Å²) in [5.74, 6) is 0.485. The van der Waals surface area contributed by atoms with Gasteiger partial charge in [0.25, 0.3) is 0 Å². The lowest BCUT2D eigenvalue weighted by molar-refractivity contribution is 0.0990. The Bertz CT molecular complexity index is 373. The van der Waals surface area contributed by atoms with E-state index in [-0.39, 0.29) is 18.2 Å². The summed E-state index contributed by atoms with van der Waals surface area (Å²) in [7, 11) is 0. The summed E-state index contributed by atoms with van der Waals surface area (Å²) in [4.78, 5) is 2.39. The molecule has 2 nitrogen and oxygen atoms in total. The Kier molecular flexibility index (Phi) is 6.06. The number of halogens is 2. The van der Waals surface area contributed by atoms with Gasteiger partial charge in [-0.3, -0.25) is 4.90 Å². The van der Waals surface area contributed by atoms with Gasteiger partial charge in [0, 0.05) is 19.1 Å². The number of benzene rings is 1. The second-order valence-corrected chi connectivity index (χ2v) is 5.02. The van der Waals surface area contributed by atoms with Crippen LogP contribution in [0.3, 0.4) is 0 Å². The molecule has 0 aliphatic carbocycles. The normalized spacial score (nSPS) is 24.6. The average molecular weight is 273 g/mol. The molecule has 0 radical (unpaired) electrons. The van der Waals surface area contributed by atoms with Crippen molar-refractivity contribution < 1.29 is 4.39 Å². The van der Waals surface area contributed by atoms with E-state index >= 15 is 0 Å². The van der Waals surface area contributed by atoms with Gasteiger partial charge in [-0.1, -0.05) is 19.1 Å². The number of rotatable bonds is 3. The SMILES string of the molecule is CC1CCCN(Cc2cccc(F)c2)C1CN.Cl. The van der Waals surface area contributed by atoms with Crippen molar-refractivity contribution in [2.24, 2.45) is 11.7 Å². The molecule has 1 aliphatic heterocycles. The molecule has 0 saturated carbocycles. The molecule has 1 heterocycles. The minimum absolute atomic E-state index is 0. The van der Waals surface area contributed by atoms with E-state index in [1.165, 1.54) is 18.9 Å². The Labute approximate surface area is 115 Å². The zero-order valence-corrected chi connectivity index (χ0v) is 11.6. The molecule has 4 heteroatoms. The van der Waals surface area contributed by atoms with Gasteiger partial charge < -0.3 is 5.73 Å². The van der Waals surface area contributed by atoms with Crippen molar-refractivity contribution in [1.29, 1.82) is 0 Å². The quantitative estimate of drug-likeness (QED) is 0.917. The standard InChI is InChI=1S/C14H21FN2.ClH/c1-11-4-3-7-17(14(11)9-16)10-12-5-2-6-13(15)8-12;/h2,5-6,8,11,14H,3-4,7,9-10,16H2,1H3;1H. The Morgan fingerprint density at radius 2 is 2.22 bits per heavy atom. The summed E-state index contributed by atoms with van der Waals surface area (Å²) in [6.07, 6.45) is 2.47. The van der Waals surface area contributed by atoms with Crippen LogP contribution < -0.4 is 5.73 Å². The maximum atomic E-state index is 13.1. The summed E-state index contributed by atoms with van der Waals surface area (Å²) in [6.45, 7) is 4.83. The van der Waals surface area contributed by atoms with Crippen molar-refractivity contribution in [2.45, 2.75) is 32.4 Å². The van der Waals surface area contributed by atoms with Gasteiger partial charge in [-0.15, -0.1) is 12.4 Å². The first kappa shape index (κ1) is 15.4. The van der Waals surface area contributed by atoms with E-state index in [2.05, 4.69) is 11.8 Å². The summed E-state index contributed by atoms with van der Waals surface area (Å²) in [6, 6.07) is 7.30. The number of likely N-dealkylation sites (tertiary alicyclic amines) is 1. The van der Waals surface area contributed by atoms with Crippen molar-refractivity contribution in [3.63, 3.8) is 0 Å². The molecule has 1 aromatic rings. The molecule has 2 N–H and O–H groups in total. The predicted molar refractivity (Wildman–Crippen MR) is 75.3 cm³/mol. The lowest BCUT2D eigenvalue weighted by Gasteiger charge is -2.39. The van der Waals surface area contributed by atoms with Crippen LogP contribution in [-0.2, 0) is 6.54 Å². The highest BCUT2D eigenvalue weighted by Crippen LogP contribution is 2.24. The van der Waals surface area contributed by atoms with Gasteiger partial charge in [0.2, 0.25) is 0 Å². The molecule has 2 atom stereocenters. The number of nitrogens with zero attached hydrogens (tertiary/aromatic N) is 1. The lowest BCUT2D eigenvalue weighted by Crippen LogP contribution is -2.48. The van der Waals surface area contributed by atoms with Crippen LogP contribution in [0.1, 0.15) is 25.3 Å². The molecule has 2 rings (SSSR count). The first-order valence-corrected chi connectivity index (χ1v) is 6.39. The zero-order valence-electron chi connectivity index (χ0n) is 10.8. The van der Waals surface area contributed by atoms with E-state index in [0.29, 0.717) is 18.5 Å². The molecule has 0 aromatic heterocycles. The van der Waals surface area contributed by atoms with Gasteiger partial charge in [0.1, 0.15) is 5.82 Å². The van der Waals surface area contributed by atoms with Gasteiger partial charge in [-0.05, 0) is 43.0 Å². The first-order chi connectivity index (χ1) is 8.20. The molecule has 1 saturated heterocycles. The van der Waals surface area contributed by atoms with Gasteiger partial charge in [-0.2, -0.15) is 0 Å². The van der Waals surface area contributed by atoms with Crippen LogP contribution in [0.4, 0.5) is 4.39 Å². The Morgan fingerprint density at radius 3 is 2.89 bits per heavy atom. The number of hydrogen-bond donors (Lipinski definition) is 1. The third-order valence-corrected chi connectivity index (χ3v) is 3.75. The molecular formula is C14H22ClFN2. The van der Waals surface area contributed by atoms with E-state index in [1.807, 2.05) is 6.07 Å². The second kappa shape index (κ2) is 7.07. The van der Waals surface area contributed by atoms with Crippen LogP contribution in [0, 0.1) is 11.7 Å². The number of hydrogen-bond acceptors (Lipinski definition) is 2. The molecule has 102 valence electrons. The van der Waals surface area contributed by atoms with Crippen molar-refractivity contribution >= 4 is 12.4 Å². The van der Waals surface area contributed by atoms with Crippen LogP contribution in [-0.4, -0.2) is 24.0 Å². The Balaban J connectivity index is 0.00000162. The molecule has 0 spiro atoms. The van der Waals surface area contributed by atoms with Crippen molar-refractivity contribution in [3.05, 3.63) is 35.6 Å². The zero-order chi connectivity index (χ0) is 12.3. The highest BCUT2D eigenvalue weighted by atomic mass is 35.5. The fraction of sp³-hybridized carbons (Fsp3) is 0.571. The maximum Gasteiger partial charge on any atom is 0.123 e. The fourth-order valence-corrected chi connectivity index (χ4v) is 2.78. The van der Waals surface area contributed by atoms with E-state index in [1.54, 1.807) is 12.1 Å². The summed E-state index contributed by atoms with van der Waals surface area (Å²) < 4.78 is 13.1. The summed E-state index contributed by atoms with van der Waals surface area (Å²) in [5.41, 5.74) is 6.89. The van der Waals surface area contributed by atoms with Crippen LogP contribution >= 0.6 is 12.4 Å². The molecule has 0 amide bonds. The minimum atomic E-state index is -0.156. The van der Waals surface area contributed by atoms with Crippen molar-refractivity contribution in [1.82, 2.24) is 4.90 Å². The van der Waals surface area contributed by atoms with Crippen LogP contribution in [0.5, 0.6) is 0 Å². The predicted octanol–water partition coefficient (Wildman–Crippen LogP) is 2.81. The van der Waals surface area contributed by atoms with Crippen LogP contribution in [0.25, 0.3) is 0 Å². The monoisotopic (exact) mass is 272 g/mol. The highest BCUT2D eigenvalue weighted by molar-refractivity contribution is 5.85. The van der Waals surface area contributed by atoms with Gasteiger partial charge in [0.15, 0.2) is 0 Å². The lowest BCUT2D eigenvalue weighted by atomic mass is 9.90. The van der Waals surface area contributed by atoms with E-state index in [9.17, 15) is 4.39 Å². The molecule has 1 fully saturated rings. The van der Waals surface area contributed by atoms with Crippen molar-refractivity contribution in [2.75, 3.05) is 13.1 Å². The van der Waals surface area contributed by atoms with Gasteiger partial charge >= 0.3 is 0 Å². The second-order valence-electron chi connectivity index (χ2n) is 5.02. The molecule has 0 bridgehead atoms. The highest BCUT2D eigenvalue weighted by Gasteiger charge is 2.27. The van der Waals surface area contributed by atoms with Crippen LogP contribution in [0.15, 0.2) is 24.3 Å². The Morgan fingerprint density at radius 1 is 1.44 bits per heavy atom.